The first kappa shape index (κ1) is 18.9. The van der Waals surface area contributed by atoms with Gasteiger partial charge >= 0.3 is 5.97 Å². The minimum atomic E-state index is -1.82. The van der Waals surface area contributed by atoms with Crippen LogP contribution in [0, 0.1) is 0 Å². The van der Waals surface area contributed by atoms with Crippen LogP contribution in [-0.2, 0) is 20.6 Å². The standard InChI is InChI=1S/C17H28O4Si/c1-4-22(5-2,6-3)21-16(12-17(18)19)14-20-13-15-10-8-7-9-11-15/h7-11,16H,4-6,12-14H2,1-3H3,(H,18,19)/t16-/m1/s1. The SMILES string of the molecule is CC[Si](CC)(CC)O[C@@H](COCc1ccccc1)CC(=O)O. The molecule has 1 aromatic rings. The number of benzene rings is 1. The first-order chi connectivity index (χ1) is 10.5. The third-order valence-electron chi connectivity index (χ3n) is 4.17. The van der Waals surface area contributed by atoms with Gasteiger partial charge in [-0.2, -0.15) is 0 Å². The minimum Gasteiger partial charge on any atom is -0.481 e. The van der Waals surface area contributed by atoms with Crippen LogP contribution in [0.15, 0.2) is 30.3 Å². The molecule has 0 spiro atoms. The number of hydrogen-bond donors (Lipinski definition) is 1. The van der Waals surface area contributed by atoms with Gasteiger partial charge in [-0.25, -0.2) is 0 Å². The molecule has 22 heavy (non-hydrogen) atoms. The van der Waals surface area contributed by atoms with Crippen molar-refractivity contribution >= 4 is 14.3 Å². The van der Waals surface area contributed by atoms with Crippen molar-refractivity contribution in [2.45, 2.75) is 58.0 Å². The lowest BCUT2D eigenvalue weighted by molar-refractivity contribution is -0.139. The molecule has 0 amide bonds. The predicted octanol–water partition coefficient (Wildman–Crippen LogP) is 4.07. The van der Waals surface area contributed by atoms with Crippen molar-refractivity contribution < 1.29 is 19.1 Å². The van der Waals surface area contributed by atoms with Crippen molar-refractivity contribution in [3.63, 3.8) is 0 Å². The van der Waals surface area contributed by atoms with Gasteiger partial charge in [-0.15, -0.1) is 0 Å². The van der Waals surface area contributed by atoms with Gasteiger partial charge in [0.2, 0.25) is 0 Å². The van der Waals surface area contributed by atoms with E-state index in [1.165, 1.54) is 0 Å². The summed E-state index contributed by atoms with van der Waals surface area (Å²) < 4.78 is 12.0. The summed E-state index contributed by atoms with van der Waals surface area (Å²) in [5.74, 6) is -0.834. The van der Waals surface area contributed by atoms with Gasteiger partial charge in [0.15, 0.2) is 8.32 Å². The van der Waals surface area contributed by atoms with E-state index in [0.717, 1.165) is 23.7 Å². The normalized spacial score (nSPS) is 13.0. The Kier molecular flexibility index (Phi) is 8.38. The van der Waals surface area contributed by atoms with E-state index >= 15 is 0 Å². The van der Waals surface area contributed by atoms with E-state index in [1.807, 2.05) is 30.3 Å². The summed E-state index contributed by atoms with van der Waals surface area (Å²) in [4.78, 5) is 11.1. The van der Waals surface area contributed by atoms with E-state index in [4.69, 9.17) is 14.3 Å². The van der Waals surface area contributed by atoms with Crippen LogP contribution in [0.2, 0.25) is 18.1 Å². The third-order valence-corrected chi connectivity index (χ3v) is 8.87. The molecule has 0 unspecified atom stereocenters. The number of carbonyl (C=O) groups is 1. The fourth-order valence-electron chi connectivity index (χ4n) is 2.57. The number of carboxylic acids is 1. The van der Waals surface area contributed by atoms with Gasteiger partial charge in [0, 0.05) is 0 Å². The Hall–Kier alpha value is -1.17. The molecule has 0 aliphatic carbocycles. The summed E-state index contributed by atoms with van der Waals surface area (Å²) in [6.45, 7) is 7.24. The highest BCUT2D eigenvalue weighted by Gasteiger charge is 2.32. The maximum atomic E-state index is 11.1. The highest BCUT2D eigenvalue weighted by molar-refractivity contribution is 6.73. The van der Waals surface area contributed by atoms with E-state index in [1.54, 1.807) is 0 Å². The molecule has 0 aliphatic heterocycles. The maximum absolute atomic E-state index is 11.1. The minimum absolute atomic E-state index is 0.00351. The smallest absolute Gasteiger partial charge is 0.306 e. The predicted molar refractivity (Wildman–Crippen MR) is 90.4 cm³/mol. The molecule has 0 aromatic heterocycles. The van der Waals surface area contributed by atoms with Crippen LogP contribution in [0.4, 0.5) is 0 Å². The zero-order chi connectivity index (χ0) is 16.4. The van der Waals surface area contributed by atoms with E-state index in [0.29, 0.717) is 13.2 Å². The molecule has 0 radical (unpaired) electrons. The van der Waals surface area contributed by atoms with Crippen molar-refractivity contribution in [3.8, 4) is 0 Å². The van der Waals surface area contributed by atoms with Crippen LogP contribution in [0.25, 0.3) is 0 Å². The third kappa shape index (κ3) is 6.30. The quantitative estimate of drug-likeness (QED) is 0.623. The van der Waals surface area contributed by atoms with E-state index in [2.05, 4.69) is 20.8 Å². The fourth-order valence-corrected chi connectivity index (χ4v) is 5.42. The van der Waals surface area contributed by atoms with Gasteiger partial charge in [-0.05, 0) is 23.7 Å². The summed E-state index contributed by atoms with van der Waals surface area (Å²) in [5.41, 5.74) is 1.08. The van der Waals surface area contributed by atoms with Crippen LogP contribution in [0.5, 0.6) is 0 Å². The molecule has 1 rings (SSSR count). The van der Waals surface area contributed by atoms with Crippen LogP contribution in [0.3, 0.4) is 0 Å². The van der Waals surface area contributed by atoms with Crippen molar-refractivity contribution in [3.05, 3.63) is 35.9 Å². The molecule has 0 aliphatic rings. The molecule has 5 heteroatoms. The monoisotopic (exact) mass is 324 g/mol. The molecule has 0 bridgehead atoms. The lowest BCUT2D eigenvalue weighted by Crippen LogP contribution is -2.42. The first-order valence-electron chi connectivity index (χ1n) is 8.06. The summed E-state index contributed by atoms with van der Waals surface area (Å²) in [6, 6.07) is 12.9. The Morgan fingerprint density at radius 1 is 1.14 bits per heavy atom. The van der Waals surface area contributed by atoms with Gasteiger partial charge in [0.25, 0.3) is 0 Å². The molecule has 1 aromatic carbocycles. The Balaban J connectivity index is 2.58. The number of aliphatic carboxylic acids is 1. The lowest BCUT2D eigenvalue weighted by atomic mass is 10.2. The second-order valence-electron chi connectivity index (χ2n) is 5.58. The van der Waals surface area contributed by atoms with Crippen LogP contribution in [-0.4, -0.2) is 32.1 Å². The van der Waals surface area contributed by atoms with Gasteiger partial charge in [-0.3, -0.25) is 4.79 Å². The highest BCUT2D eigenvalue weighted by atomic mass is 28.4. The molecule has 1 atom stereocenters. The Labute approximate surface area is 134 Å². The average molecular weight is 324 g/mol. The van der Waals surface area contributed by atoms with Crippen molar-refractivity contribution in [1.82, 2.24) is 0 Å². The van der Waals surface area contributed by atoms with Gasteiger partial charge < -0.3 is 14.3 Å². The van der Waals surface area contributed by atoms with Crippen LogP contribution < -0.4 is 0 Å². The topological polar surface area (TPSA) is 55.8 Å². The van der Waals surface area contributed by atoms with Gasteiger partial charge in [-0.1, -0.05) is 51.1 Å². The van der Waals surface area contributed by atoms with Crippen molar-refractivity contribution in [1.29, 1.82) is 0 Å². The molecule has 0 fully saturated rings. The molecule has 1 N–H and O–H groups in total. The van der Waals surface area contributed by atoms with E-state index < -0.39 is 14.3 Å². The van der Waals surface area contributed by atoms with E-state index in [9.17, 15) is 4.79 Å². The summed E-state index contributed by atoms with van der Waals surface area (Å²) in [7, 11) is -1.82. The van der Waals surface area contributed by atoms with Crippen molar-refractivity contribution in [2.24, 2.45) is 0 Å². The van der Waals surface area contributed by atoms with Crippen LogP contribution >= 0.6 is 0 Å². The summed E-state index contributed by atoms with van der Waals surface area (Å²) in [6.07, 6.45) is -0.350. The zero-order valence-corrected chi connectivity index (χ0v) is 14.9. The fraction of sp³-hybridized carbons (Fsp3) is 0.588. The summed E-state index contributed by atoms with van der Waals surface area (Å²) >= 11 is 0. The first-order valence-corrected chi connectivity index (χ1v) is 10.6. The van der Waals surface area contributed by atoms with Crippen molar-refractivity contribution in [2.75, 3.05) is 6.61 Å². The van der Waals surface area contributed by atoms with Gasteiger partial charge in [0.1, 0.15) is 0 Å². The molecule has 0 heterocycles. The Morgan fingerprint density at radius 3 is 2.23 bits per heavy atom. The average Bonchev–Trinajstić information content (AvgIpc) is 2.53. The number of carboxylic acid groups (broad SMARTS) is 1. The zero-order valence-electron chi connectivity index (χ0n) is 13.9. The Bertz CT molecular complexity index is 423. The highest BCUT2D eigenvalue weighted by Crippen LogP contribution is 2.24. The Morgan fingerprint density at radius 2 is 1.73 bits per heavy atom. The second kappa shape index (κ2) is 9.76. The number of hydrogen-bond acceptors (Lipinski definition) is 3. The molecule has 4 nitrogen and oxygen atoms in total. The number of ether oxygens (including phenoxy) is 1. The molecule has 0 saturated carbocycles. The largest absolute Gasteiger partial charge is 0.481 e. The number of rotatable bonds is 11. The maximum Gasteiger partial charge on any atom is 0.306 e. The molecule has 124 valence electrons. The molecule has 0 saturated heterocycles. The molecular formula is C17H28O4Si. The van der Waals surface area contributed by atoms with Crippen LogP contribution in [0.1, 0.15) is 32.8 Å². The lowest BCUT2D eigenvalue weighted by Gasteiger charge is -2.32. The van der Waals surface area contributed by atoms with Gasteiger partial charge in [0.05, 0.1) is 25.7 Å². The molecular weight excluding hydrogens is 296 g/mol. The second-order valence-corrected chi connectivity index (χ2v) is 10.3. The van der Waals surface area contributed by atoms with E-state index in [-0.39, 0.29) is 12.5 Å². The summed E-state index contributed by atoms with van der Waals surface area (Å²) in [5, 5.41) is 9.10.